The molecule has 1 aromatic heterocycles. The second kappa shape index (κ2) is 5.87. The molecule has 102 valence electrons. The highest BCUT2D eigenvalue weighted by Crippen LogP contribution is 2.34. The number of aromatic nitrogens is 2. The zero-order valence-electron chi connectivity index (χ0n) is 11.7. The second-order valence-electron chi connectivity index (χ2n) is 5.97. The molecule has 3 nitrogen and oxygen atoms in total. The summed E-state index contributed by atoms with van der Waals surface area (Å²) < 4.78 is 1.81. The van der Waals surface area contributed by atoms with Crippen molar-refractivity contribution >= 4 is 0 Å². The maximum absolute atomic E-state index is 10.8. The van der Waals surface area contributed by atoms with Crippen molar-refractivity contribution in [3.63, 3.8) is 0 Å². The third kappa shape index (κ3) is 3.58. The standard InChI is InChI=1S/C15H26N2O/c1-3-5-13-6-4-9-15(18,10-7-13)12-14-8-11-17(2)16-14/h8,11,13,18H,3-7,9-10,12H2,1-2H3. The highest BCUT2D eigenvalue weighted by Gasteiger charge is 2.31. The number of rotatable bonds is 4. The smallest absolute Gasteiger partial charge is 0.0703 e. The Morgan fingerprint density at radius 2 is 2.28 bits per heavy atom. The molecular formula is C15H26N2O. The van der Waals surface area contributed by atoms with Gasteiger partial charge >= 0.3 is 0 Å². The van der Waals surface area contributed by atoms with Crippen molar-refractivity contribution < 1.29 is 5.11 Å². The van der Waals surface area contributed by atoms with Crippen LogP contribution in [0.3, 0.4) is 0 Å². The lowest BCUT2D eigenvalue weighted by Gasteiger charge is -2.25. The van der Waals surface area contributed by atoms with E-state index in [4.69, 9.17) is 0 Å². The number of hydrogen-bond acceptors (Lipinski definition) is 2. The van der Waals surface area contributed by atoms with Crippen molar-refractivity contribution in [2.24, 2.45) is 13.0 Å². The largest absolute Gasteiger partial charge is 0.389 e. The maximum atomic E-state index is 10.8. The summed E-state index contributed by atoms with van der Waals surface area (Å²) in [6.45, 7) is 2.25. The molecule has 2 atom stereocenters. The minimum atomic E-state index is -0.517. The van der Waals surface area contributed by atoms with E-state index >= 15 is 0 Å². The molecule has 2 rings (SSSR count). The van der Waals surface area contributed by atoms with Crippen LogP contribution in [0.15, 0.2) is 12.3 Å². The minimum absolute atomic E-state index is 0.517. The lowest BCUT2D eigenvalue weighted by atomic mass is 9.88. The summed E-state index contributed by atoms with van der Waals surface area (Å²) in [6.07, 6.45) is 10.8. The summed E-state index contributed by atoms with van der Waals surface area (Å²) in [5.74, 6) is 0.827. The van der Waals surface area contributed by atoms with Gasteiger partial charge in [-0.1, -0.05) is 32.6 Å². The predicted molar refractivity (Wildman–Crippen MR) is 73.3 cm³/mol. The van der Waals surface area contributed by atoms with E-state index in [9.17, 15) is 5.11 Å². The van der Waals surface area contributed by atoms with Gasteiger partial charge < -0.3 is 5.11 Å². The summed E-state index contributed by atoms with van der Waals surface area (Å²) >= 11 is 0. The van der Waals surface area contributed by atoms with Crippen molar-refractivity contribution in [3.05, 3.63) is 18.0 Å². The molecule has 1 saturated carbocycles. The normalized spacial score (nSPS) is 29.2. The Hall–Kier alpha value is -0.830. The Kier molecular flexibility index (Phi) is 4.44. The van der Waals surface area contributed by atoms with E-state index in [2.05, 4.69) is 12.0 Å². The Morgan fingerprint density at radius 3 is 2.94 bits per heavy atom. The second-order valence-corrected chi connectivity index (χ2v) is 5.97. The van der Waals surface area contributed by atoms with Gasteiger partial charge in [0.2, 0.25) is 0 Å². The summed E-state index contributed by atoms with van der Waals surface area (Å²) in [4.78, 5) is 0. The highest BCUT2D eigenvalue weighted by molar-refractivity contribution is 5.04. The zero-order valence-corrected chi connectivity index (χ0v) is 11.7. The zero-order chi connectivity index (χ0) is 13.0. The molecule has 0 aliphatic heterocycles. The van der Waals surface area contributed by atoms with Crippen molar-refractivity contribution in [2.75, 3.05) is 0 Å². The third-order valence-electron chi connectivity index (χ3n) is 4.25. The van der Waals surface area contributed by atoms with Gasteiger partial charge in [0.05, 0.1) is 11.3 Å². The fourth-order valence-corrected chi connectivity index (χ4v) is 3.23. The molecule has 1 aliphatic carbocycles. The van der Waals surface area contributed by atoms with Crippen molar-refractivity contribution in [3.8, 4) is 0 Å². The first-order valence-electron chi connectivity index (χ1n) is 7.32. The Bertz CT molecular complexity index is 374. The van der Waals surface area contributed by atoms with E-state index in [1.54, 1.807) is 0 Å². The predicted octanol–water partition coefficient (Wildman–Crippen LogP) is 3.07. The molecule has 1 aromatic rings. The molecule has 2 unspecified atom stereocenters. The van der Waals surface area contributed by atoms with Gasteiger partial charge in [0, 0.05) is 19.7 Å². The molecule has 0 saturated heterocycles. The van der Waals surface area contributed by atoms with Crippen LogP contribution < -0.4 is 0 Å². The monoisotopic (exact) mass is 250 g/mol. The van der Waals surface area contributed by atoms with Crippen LogP contribution in [0.25, 0.3) is 0 Å². The van der Waals surface area contributed by atoms with Gasteiger partial charge in [0.15, 0.2) is 0 Å². The van der Waals surface area contributed by atoms with Crippen LogP contribution in [0.2, 0.25) is 0 Å². The summed E-state index contributed by atoms with van der Waals surface area (Å²) in [6, 6.07) is 2.02. The molecule has 1 aliphatic rings. The van der Waals surface area contributed by atoms with Crippen LogP contribution in [-0.2, 0) is 13.5 Å². The van der Waals surface area contributed by atoms with E-state index in [1.807, 2.05) is 24.0 Å². The average molecular weight is 250 g/mol. The van der Waals surface area contributed by atoms with E-state index in [1.165, 1.54) is 25.7 Å². The van der Waals surface area contributed by atoms with E-state index < -0.39 is 5.60 Å². The minimum Gasteiger partial charge on any atom is -0.389 e. The Morgan fingerprint density at radius 1 is 1.44 bits per heavy atom. The van der Waals surface area contributed by atoms with Gasteiger partial charge in [-0.2, -0.15) is 5.10 Å². The molecule has 18 heavy (non-hydrogen) atoms. The van der Waals surface area contributed by atoms with Crippen LogP contribution in [0.5, 0.6) is 0 Å². The molecule has 0 radical (unpaired) electrons. The SMILES string of the molecule is CCCC1CCCC(O)(Cc2ccn(C)n2)CC1. The first-order chi connectivity index (χ1) is 8.61. The van der Waals surface area contributed by atoms with Crippen molar-refractivity contribution in [2.45, 2.75) is 63.9 Å². The van der Waals surface area contributed by atoms with Gasteiger partial charge in [-0.15, -0.1) is 0 Å². The van der Waals surface area contributed by atoms with Gasteiger partial charge in [-0.05, 0) is 31.2 Å². The first-order valence-corrected chi connectivity index (χ1v) is 7.32. The van der Waals surface area contributed by atoms with Gasteiger partial charge in [-0.3, -0.25) is 4.68 Å². The van der Waals surface area contributed by atoms with Gasteiger partial charge in [-0.25, -0.2) is 0 Å². The summed E-state index contributed by atoms with van der Waals surface area (Å²) in [7, 11) is 1.93. The molecule has 0 aromatic carbocycles. The van der Waals surface area contributed by atoms with Crippen molar-refractivity contribution in [1.82, 2.24) is 9.78 Å². The van der Waals surface area contributed by atoms with Crippen LogP contribution >= 0.6 is 0 Å². The number of nitrogens with zero attached hydrogens (tertiary/aromatic N) is 2. The molecule has 1 N–H and O–H groups in total. The lowest BCUT2D eigenvalue weighted by molar-refractivity contribution is 0.0231. The number of hydrogen-bond donors (Lipinski definition) is 1. The molecule has 1 heterocycles. The van der Waals surface area contributed by atoms with Gasteiger partial charge in [0.1, 0.15) is 0 Å². The molecule has 1 fully saturated rings. The van der Waals surface area contributed by atoms with Crippen LogP contribution in [0.4, 0.5) is 0 Å². The number of aryl methyl sites for hydroxylation is 1. The molecule has 0 spiro atoms. The fourth-order valence-electron chi connectivity index (χ4n) is 3.23. The summed E-state index contributed by atoms with van der Waals surface area (Å²) in [5.41, 5.74) is 0.505. The molecular weight excluding hydrogens is 224 g/mol. The van der Waals surface area contributed by atoms with Crippen LogP contribution in [0, 0.1) is 5.92 Å². The van der Waals surface area contributed by atoms with E-state index in [0.29, 0.717) is 6.42 Å². The van der Waals surface area contributed by atoms with Crippen LogP contribution in [0.1, 0.15) is 57.6 Å². The Labute approximate surface area is 110 Å². The quantitative estimate of drug-likeness (QED) is 0.834. The highest BCUT2D eigenvalue weighted by atomic mass is 16.3. The average Bonchev–Trinajstić information content (AvgIpc) is 2.62. The Balaban J connectivity index is 1.94. The first kappa shape index (κ1) is 13.6. The molecule has 0 amide bonds. The molecule has 3 heteroatoms. The molecule has 0 bridgehead atoms. The van der Waals surface area contributed by atoms with Crippen molar-refractivity contribution in [1.29, 1.82) is 0 Å². The third-order valence-corrected chi connectivity index (χ3v) is 4.25. The topological polar surface area (TPSA) is 38.0 Å². The van der Waals surface area contributed by atoms with Crippen LogP contribution in [-0.4, -0.2) is 20.5 Å². The number of aliphatic hydroxyl groups is 1. The van der Waals surface area contributed by atoms with E-state index in [0.717, 1.165) is 30.9 Å². The maximum Gasteiger partial charge on any atom is 0.0703 e. The lowest BCUT2D eigenvalue weighted by Crippen LogP contribution is -2.31. The van der Waals surface area contributed by atoms with E-state index in [-0.39, 0.29) is 0 Å². The fraction of sp³-hybridized carbons (Fsp3) is 0.800. The summed E-state index contributed by atoms with van der Waals surface area (Å²) in [5, 5.41) is 15.1. The van der Waals surface area contributed by atoms with Gasteiger partial charge in [0.25, 0.3) is 0 Å².